The summed E-state index contributed by atoms with van der Waals surface area (Å²) in [7, 11) is 0. The lowest BCUT2D eigenvalue weighted by atomic mass is 10.2. The van der Waals surface area contributed by atoms with Crippen molar-refractivity contribution in [1.82, 2.24) is 4.98 Å². The molecule has 0 unspecified atom stereocenters. The van der Waals surface area contributed by atoms with Crippen molar-refractivity contribution < 1.29 is 9.59 Å². The van der Waals surface area contributed by atoms with Gasteiger partial charge in [-0.2, -0.15) is 0 Å². The standard InChI is InChI=1S/C17H18ClN3O2/c1-11(2)17(23)21-15-6-5-13(9-14(15)18)20-16(22)8-12-4-3-7-19-10-12/h3-7,9-11H,8H2,1-2H3,(H,20,22)(H,21,23). The van der Waals surface area contributed by atoms with Gasteiger partial charge >= 0.3 is 0 Å². The molecule has 0 radical (unpaired) electrons. The lowest BCUT2D eigenvalue weighted by Gasteiger charge is -2.11. The van der Waals surface area contributed by atoms with Crippen LogP contribution in [-0.2, 0) is 16.0 Å². The van der Waals surface area contributed by atoms with Crippen LogP contribution in [0.1, 0.15) is 19.4 Å². The number of hydrogen-bond donors (Lipinski definition) is 2. The molecule has 0 aliphatic heterocycles. The summed E-state index contributed by atoms with van der Waals surface area (Å²) in [6, 6.07) is 8.60. The van der Waals surface area contributed by atoms with Crippen LogP contribution in [0.2, 0.25) is 5.02 Å². The van der Waals surface area contributed by atoms with Gasteiger partial charge < -0.3 is 10.6 Å². The lowest BCUT2D eigenvalue weighted by Crippen LogP contribution is -2.18. The Morgan fingerprint density at radius 2 is 2.00 bits per heavy atom. The number of anilines is 2. The fourth-order valence-corrected chi connectivity index (χ4v) is 2.09. The fourth-order valence-electron chi connectivity index (χ4n) is 1.86. The van der Waals surface area contributed by atoms with Crippen molar-refractivity contribution in [3.05, 3.63) is 53.3 Å². The largest absolute Gasteiger partial charge is 0.326 e. The predicted molar refractivity (Wildman–Crippen MR) is 91.5 cm³/mol. The first-order valence-electron chi connectivity index (χ1n) is 7.25. The van der Waals surface area contributed by atoms with Gasteiger partial charge in [-0.15, -0.1) is 0 Å². The maximum absolute atomic E-state index is 12.0. The smallest absolute Gasteiger partial charge is 0.228 e. The van der Waals surface area contributed by atoms with E-state index in [0.717, 1.165) is 5.56 Å². The van der Waals surface area contributed by atoms with Gasteiger partial charge in [0.05, 0.1) is 17.1 Å². The maximum atomic E-state index is 12.0. The first-order valence-corrected chi connectivity index (χ1v) is 7.62. The van der Waals surface area contributed by atoms with E-state index in [9.17, 15) is 9.59 Å². The van der Waals surface area contributed by atoms with Crippen LogP contribution in [0.25, 0.3) is 0 Å². The van der Waals surface area contributed by atoms with E-state index in [-0.39, 0.29) is 24.2 Å². The average molecular weight is 332 g/mol. The molecule has 2 aromatic rings. The van der Waals surface area contributed by atoms with Crippen molar-refractivity contribution >= 4 is 34.8 Å². The molecule has 0 spiro atoms. The predicted octanol–water partition coefficient (Wildman–Crippen LogP) is 3.51. The molecule has 23 heavy (non-hydrogen) atoms. The fraction of sp³-hybridized carbons (Fsp3) is 0.235. The molecule has 2 rings (SSSR count). The van der Waals surface area contributed by atoms with Crippen LogP contribution in [0.5, 0.6) is 0 Å². The highest BCUT2D eigenvalue weighted by molar-refractivity contribution is 6.34. The first kappa shape index (κ1) is 17.0. The number of nitrogens with one attached hydrogen (secondary N) is 2. The molecule has 120 valence electrons. The number of halogens is 1. The van der Waals surface area contributed by atoms with E-state index in [1.807, 2.05) is 6.07 Å². The summed E-state index contributed by atoms with van der Waals surface area (Å²) in [5.74, 6) is -0.404. The molecule has 6 heteroatoms. The number of hydrogen-bond acceptors (Lipinski definition) is 3. The number of nitrogens with zero attached hydrogens (tertiary/aromatic N) is 1. The van der Waals surface area contributed by atoms with Gasteiger partial charge in [-0.3, -0.25) is 14.6 Å². The minimum atomic E-state index is -0.159. The van der Waals surface area contributed by atoms with Gasteiger partial charge in [0.25, 0.3) is 0 Å². The zero-order chi connectivity index (χ0) is 16.8. The Balaban J connectivity index is 2.00. The van der Waals surface area contributed by atoms with Gasteiger partial charge in [0.2, 0.25) is 11.8 Å². The van der Waals surface area contributed by atoms with Gasteiger partial charge in [-0.05, 0) is 29.8 Å². The van der Waals surface area contributed by atoms with Crippen molar-refractivity contribution in [2.45, 2.75) is 20.3 Å². The van der Waals surface area contributed by atoms with Gasteiger partial charge in [0, 0.05) is 24.0 Å². The summed E-state index contributed by atoms with van der Waals surface area (Å²) < 4.78 is 0. The number of carbonyl (C=O) groups excluding carboxylic acids is 2. The Morgan fingerprint density at radius 3 is 2.61 bits per heavy atom. The van der Waals surface area contributed by atoms with E-state index in [0.29, 0.717) is 16.4 Å². The van der Waals surface area contributed by atoms with Crippen LogP contribution in [0, 0.1) is 5.92 Å². The summed E-state index contributed by atoms with van der Waals surface area (Å²) in [5.41, 5.74) is 1.93. The average Bonchev–Trinajstić information content (AvgIpc) is 2.50. The van der Waals surface area contributed by atoms with Crippen molar-refractivity contribution in [3.63, 3.8) is 0 Å². The quantitative estimate of drug-likeness (QED) is 0.880. The van der Waals surface area contributed by atoms with Crippen LogP contribution in [-0.4, -0.2) is 16.8 Å². The third-order valence-corrected chi connectivity index (χ3v) is 3.44. The molecular formula is C17H18ClN3O2. The number of aromatic nitrogens is 1. The Bertz CT molecular complexity index is 702. The highest BCUT2D eigenvalue weighted by Crippen LogP contribution is 2.26. The molecule has 0 atom stereocenters. The van der Waals surface area contributed by atoms with Crippen LogP contribution in [0.3, 0.4) is 0 Å². The van der Waals surface area contributed by atoms with Crippen LogP contribution in [0.15, 0.2) is 42.7 Å². The summed E-state index contributed by atoms with van der Waals surface area (Å²) in [6.45, 7) is 3.60. The van der Waals surface area contributed by atoms with Crippen molar-refractivity contribution in [2.75, 3.05) is 10.6 Å². The van der Waals surface area contributed by atoms with Gasteiger partial charge in [0.15, 0.2) is 0 Å². The monoisotopic (exact) mass is 331 g/mol. The number of carbonyl (C=O) groups is 2. The Hall–Kier alpha value is -2.40. The summed E-state index contributed by atoms with van der Waals surface area (Å²) in [5, 5.41) is 5.88. The van der Waals surface area contributed by atoms with Crippen molar-refractivity contribution in [3.8, 4) is 0 Å². The van der Waals surface area contributed by atoms with Gasteiger partial charge in [-0.25, -0.2) is 0 Å². The van der Waals surface area contributed by atoms with Gasteiger partial charge in [0.1, 0.15) is 0 Å². The van der Waals surface area contributed by atoms with E-state index < -0.39 is 0 Å². The second-order valence-corrected chi connectivity index (χ2v) is 5.83. The first-order chi connectivity index (χ1) is 11.0. The summed E-state index contributed by atoms with van der Waals surface area (Å²) >= 11 is 6.15. The molecule has 0 bridgehead atoms. The minimum absolute atomic E-state index is 0.111. The molecule has 0 aliphatic carbocycles. The maximum Gasteiger partial charge on any atom is 0.228 e. The molecule has 0 aliphatic rings. The normalized spacial score (nSPS) is 10.4. The van der Waals surface area contributed by atoms with E-state index >= 15 is 0 Å². The molecular weight excluding hydrogens is 314 g/mol. The molecule has 0 saturated carbocycles. The Morgan fingerprint density at radius 1 is 1.22 bits per heavy atom. The molecule has 2 amide bonds. The zero-order valence-corrected chi connectivity index (χ0v) is 13.7. The molecule has 1 aromatic heterocycles. The van der Waals surface area contributed by atoms with Crippen molar-refractivity contribution in [2.24, 2.45) is 5.92 Å². The molecule has 5 nitrogen and oxygen atoms in total. The molecule has 0 saturated heterocycles. The third-order valence-electron chi connectivity index (χ3n) is 3.12. The van der Waals surface area contributed by atoms with E-state index in [2.05, 4.69) is 15.6 Å². The Labute approximate surface area is 140 Å². The van der Waals surface area contributed by atoms with Crippen LogP contribution >= 0.6 is 11.6 Å². The molecule has 2 N–H and O–H groups in total. The van der Waals surface area contributed by atoms with Crippen LogP contribution in [0.4, 0.5) is 11.4 Å². The Kier molecular flexibility index (Phi) is 5.71. The van der Waals surface area contributed by atoms with E-state index in [1.165, 1.54) is 0 Å². The molecule has 1 aromatic carbocycles. The van der Waals surface area contributed by atoms with Crippen LogP contribution < -0.4 is 10.6 Å². The van der Waals surface area contributed by atoms with E-state index in [4.69, 9.17) is 11.6 Å². The summed E-state index contributed by atoms with van der Waals surface area (Å²) in [6.07, 6.45) is 3.54. The minimum Gasteiger partial charge on any atom is -0.326 e. The number of rotatable bonds is 5. The third kappa shape index (κ3) is 5.07. The second-order valence-electron chi connectivity index (χ2n) is 5.42. The topological polar surface area (TPSA) is 71.1 Å². The molecule has 0 fully saturated rings. The highest BCUT2D eigenvalue weighted by atomic mass is 35.5. The number of pyridine rings is 1. The SMILES string of the molecule is CC(C)C(=O)Nc1ccc(NC(=O)Cc2cccnc2)cc1Cl. The summed E-state index contributed by atoms with van der Waals surface area (Å²) in [4.78, 5) is 27.6. The highest BCUT2D eigenvalue weighted by Gasteiger charge is 2.11. The second kappa shape index (κ2) is 7.74. The molecule has 1 heterocycles. The zero-order valence-electron chi connectivity index (χ0n) is 13.0. The van der Waals surface area contributed by atoms with Crippen molar-refractivity contribution in [1.29, 1.82) is 0 Å². The lowest BCUT2D eigenvalue weighted by molar-refractivity contribution is -0.119. The van der Waals surface area contributed by atoms with Gasteiger partial charge in [-0.1, -0.05) is 31.5 Å². The number of amides is 2. The van der Waals surface area contributed by atoms with E-state index in [1.54, 1.807) is 50.5 Å². The number of benzene rings is 1.